The highest BCUT2D eigenvalue weighted by molar-refractivity contribution is 8.13. The van der Waals surface area contributed by atoms with Crippen molar-refractivity contribution in [2.45, 2.75) is 24.8 Å². The highest BCUT2D eigenvalue weighted by Crippen LogP contribution is 2.35. The van der Waals surface area contributed by atoms with Gasteiger partial charge < -0.3 is 5.32 Å². The molecule has 6 nitrogen and oxygen atoms in total. The Labute approximate surface area is 204 Å². The zero-order chi connectivity index (χ0) is 24.4. The number of carbonyl (C=O) groups is 2. The Morgan fingerprint density at radius 3 is 2.51 bits per heavy atom. The number of hydrogen-bond acceptors (Lipinski definition) is 5. The van der Waals surface area contributed by atoms with Crippen LogP contribution in [0.5, 0.6) is 0 Å². The molecule has 0 saturated heterocycles. The van der Waals surface area contributed by atoms with Crippen LogP contribution < -0.4 is 5.32 Å². The molecular formula is C26H20F2N4O2S. The predicted octanol–water partition coefficient (Wildman–Crippen LogP) is 4.56. The molecule has 2 aliphatic heterocycles. The van der Waals surface area contributed by atoms with Crippen molar-refractivity contribution in [1.29, 1.82) is 0 Å². The minimum Gasteiger partial charge on any atom is -0.352 e. The van der Waals surface area contributed by atoms with Crippen LogP contribution in [0.2, 0.25) is 0 Å². The molecule has 1 atom stereocenters. The summed E-state index contributed by atoms with van der Waals surface area (Å²) in [6.07, 6.45) is -0.130. The van der Waals surface area contributed by atoms with Crippen LogP contribution in [0.15, 0.2) is 82.8 Å². The number of thioether (sulfide) groups is 1. The second kappa shape index (κ2) is 9.79. The monoisotopic (exact) mass is 490 g/mol. The van der Waals surface area contributed by atoms with E-state index in [4.69, 9.17) is 4.99 Å². The Kier molecular flexibility index (Phi) is 6.41. The fourth-order valence-corrected chi connectivity index (χ4v) is 4.95. The summed E-state index contributed by atoms with van der Waals surface area (Å²) in [6, 6.07) is 18.8. The number of amides is 2. The molecule has 2 heterocycles. The summed E-state index contributed by atoms with van der Waals surface area (Å²) in [6.45, 7) is 0.208. The summed E-state index contributed by atoms with van der Waals surface area (Å²) in [5, 5.41) is 3.25. The van der Waals surface area contributed by atoms with Crippen molar-refractivity contribution >= 4 is 40.3 Å². The number of amidine groups is 2. The molecule has 1 N–H and O–H groups in total. The van der Waals surface area contributed by atoms with E-state index in [2.05, 4.69) is 10.3 Å². The third kappa shape index (κ3) is 4.85. The van der Waals surface area contributed by atoms with E-state index in [0.717, 1.165) is 5.56 Å². The number of rotatable bonds is 6. The lowest BCUT2D eigenvalue weighted by Crippen LogP contribution is -2.45. The molecule has 1 unspecified atom stereocenters. The standard InChI is InChI=1S/C26H20F2N4O2S/c27-18-11-9-16(10-12-18)14-29-23(33)13-22-25(34)31-24-19-6-2-4-8-21(19)30-26(32(22)24)35-15-17-5-1-3-7-20(17)28/h1-12,22H,13-15H2,(H,29,33). The number of nitrogens with one attached hydrogen (secondary N) is 1. The van der Waals surface area contributed by atoms with E-state index in [-0.39, 0.29) is 30.5 Å². The van der Waals surface area contributed by atoms with Crippen molar-refractivity contribution in [1.82, 2.24) is 10.2 Å². The van der Waals surface area contributed by atoms with E-state index in [0.29, 0.717) is 33.6 Å². The molecule has 3 aromatic carbocycles. The summed E-state index contributed by atoms with van der Waals surface area (Å²) in [5.74, 6) is -0.719. The van der Waals surface area contributed by atoms with Crippen molar-refractivity contribution in [2.75, 3.05) is 0 Å². The zero-order valence-electron chi connectivity index (χ0n) is 18.4. The Bertz CT molecular complexity index is 1360. The molecule has 0 spiro atoms. The molecule has 0 fully saturated rings. The first-order valence-corrected chi connectivity index (χ1v) is 12.0. The highest BCUT2D eigenvalue weighted by atomic mass is 32.2. The van der Waals surface area contributed by atoms with Gasteiger partial charge in [-0.3, -0.25) is 14.5 Å². The third-order valence-electron chi connectivity index (χ3n) is 5.70. The van der Waals surface area contributed by atoms with Crippen molar-refractivity contribution < 1.29 is 18.4 Å². The van der Waals surface area contributed by atoms with Gasteiger partial charge in [-0.2, -0.15) is 4.99 Å². The molecule has 0 aliphatic carbocycles. The molecule has 0 saturated carbocycles. The number of fused-ring (bicyclic) bond motifs is 3. The first-order valence-electron chi connectivity index (χ1n) is 11.0. The molecule has 176 valence electrons. The molecule has 0 aromatic heterocycles. The van der Waals surface area contributed by atoms with Gasteiger partial charge in [-0.15, -0.1) is 0 Å². The van der Waals surface area contributed by atoms with Crippen molar-refractivity contribution in [2.24, 2.45) is 9.98 Å². The van der Waals surface area contributed by atoms with E-state index < -0.39 is 11.9 Å². The van der Waals surface area contributed by atoms with Crippen LogP contribution in [-0.4, -0.2) is 33.8 Å². The van der Waals surface area contributed by atoms with Gasteiger partial charge in [0.2, 0.25) is 5.91 Å². The zero-order valence-corrected chi connectivity index (χ0v) is 19.3. The van der Waals surface area contributed by atoms with Gasteiger partial charge in [-0.25, -0.2) is 13.8 Å². The fourth-order valence-electron chi connectivity index (χ4n) is 3.91. The summed E-state index contributed by atoms with van der Waals surface area (Å²) in [5.41, 5.74) is 2.61. The van der Waals surface area contributed by atoms with Gasteiger partial charge in [-0.1, -0.05) is 54.2 Å². The normalized spacial score (nSPS) is 16.3. The first kappa shape index (κ1) is 22.9. The maximum absolute atomic E-state index is 14.2. The second-order valence-corrected chi connectivity index (χ2v) is 9.00. The molecule has 2 aliphatic rings. The minimum atomic E-state index is -0.863. The third-order valence-corrected chi connectivity index (χ3v) is 6.71. The Balaban J connectivity index is 1.36. The number of hydrogen-bond donors (Lipinski definition) is 1. The topological polar surface area (TPSA) is 74.1 Å². The van der Waals surface area contributed by atoms with Crippen molar-refractivity contribution in [3.63, 3.8) is 0 Å². The van der Waals surface area contributed by atoms with Gasteiger partial charge in [0.05, 0.1) is 12.1 Å². The van der Waals surface area contributed by atoms with E-state index in [1.54, 1.807) is 35.2 Å². The molecule has 9 heteroatoms. The lowest BCUT2D eigenvalue weighted by Gasteiger charge is -2.30. The highest BCUT2D eigenvalue weighted by Gasteiger charge is 2.42. The van der Waals surface area contributed by atoms with Gasteiger partial charge in [0.15, 0.2) is 5.17 Å². The van der Waals surface area contributed by atoms with Gasteiger partial charge in [-0.05, 0) is 41.5 Å². The van der Waals surface area contributed by atoms with Crippen LogP contribution >= 0.6 is 11.8 Å². The van der Waals surface area contributed by atoms with Crippen LogP contribution in [0.4, 0.5) is 14.5 Å². The molecule has 35 heavy (non-hydrogen) atoms. The summed E-state index contributed by atoms with van der Waals surface area (Å²) < 4.78 is 27.3. The SMILES string of the molecule is O=C(CC1C(=O)N=C2c3ccccc3N=C(SCc3ccccc3F)N21)NCc1ccc(F)cc1. The lowest BCUT2D eigenvalue weighted by atomic mass is 10.1. The van der Waals surface area contributed by atoms with Crippen LogP contribution in [-0.2, 0) is 21.9 Å². The number of nitrogens with zero attached hydrogens (tertiary/aromatic N) is 3. The number of para-hydroxylation sites is 1. The molecule has 2 amide bonds. The molecule has 3 aromatic rings. The van der Waals surface area contributed by atoms with Crippen LogP contribution in [0.25, 0.3) is 0 Å². The average molecular weight is 491 g/mol. The van der Waals surface area contributed by atoms with Crippen LogP contribution in [0.1, 0.15) is 23.1 Å². The van der Waals surface area contributed by atoms with Crippen LogP contribution in [0, 0.1) is 11.6 Å². The van der Waals surface area contributed by atoms with Gasteiger partial charge in [0, 0.05) is 17.9 Å². The summed E-state index contributed by atoms with van der Waals surface area (Å²) in [4.78, 5) is 36.3. The first-order chi connectivity index (χ1) is 17.0. The second-order valence-electron chi connectivity index (χ2n) is 8.06. The van der Waals surface area contributed by atoms with Gasteiger partial charge in [0.25, 0.3) is 5.91 Å². The predicted molar refractivity (Wildman–Crippen MR) is 131 cm³/mol. The van der Waals surface area contributed by atoms with E-state index in [1.165, 1.54) is 30.0 Å². The van der Waals surface area contributed by atoms with E-state index >= 15 is 0 Å². The van der Waals surface area contributed by atoms with E-state index in [9.17, 15) is 18.4 Å². The Hall–Kier alpha value is -3.85. The number of halogens is 2. The van der Waals surface area contributed by atoms with Crippen molar-refractivity contribution in [3.8, 4) is 0 Å². The largest absolute Gasteiger partial charge is 0.352 e. The molecular weight excluding hydrogens is 470 g/mol. The molecule has 5 rings (SSSR count). The van der Waals surface area contributed by atoms with Crippen molar-refractivity contribution in [3.05, 3.63) is 101 Å². The lowest BCUT2D eigenvalue weighted by molar-refractivity contribution is -0.126. The quantitative estimate of drug-likeness (QED) is 0.550. The maximum atomic E-state index is 14.2. The smallest absolute Gasteiger partial charge is 0.271 e. The maximum Gasteiger partial charge on any atom is 0.271 e. The summed E-state index contributed by atoms with van der Waals surface area (Å²) >= 11 is 1.28. The Morgan fingerprint density at radius 1 is 0.971 bits per heavy atom. The van der Waals surface area contributed by atoms with E-state index in [1.807, 2.05) is 24.3 Å². The van der Waals surface area contributed by atoms with Gasteiger partial charge in [0.1, 0.15) is 23.5 Å². The number of benzene rings is 3. The molecule has 0 bridgehead atoms. The fraction of sp³-hybridized carbons (Fsp3) is 0.154. The average Bonchev–Trinajstić information content (AvgIpc) is 3.19. The molecule has 0 radical (unpaired) electrons. The Morgan fingerprint density at radius 2 is 1.71 bits per heavy atom. The summed E-state index contributed by atoms with van der Waals surface area (Å²) in [7, 11) is 0. The van der Waals surface area contributed by atoms with Gasteiger partial charge >= 0.3 is 0 Å². The minimum absolute atomic E-state index is 0.130. The number of carbonyl (C=O) groups excluding carboxylic acids is 2. The number of aliphatic imine (C=N–C) groups is 2. The van der Waals surface area contributed by atoms with Crippen LogP contribution in [0.3, 0.4) is 0 Å².